The number of pyridine rings is 1. The predicted octanol–water partition coefficient (Wildman–Crippen LogP) is 5.29. The number of rotatable bonds is 8. The molecule has 1 N–H and O–H groups in total. The number of nitrogens with one attached hydrogen (secondary N) is 1. The maximum absolute atomic E-state index is 13.5. The summed E-state index contributed by atoms with van der Waals surface area (Å²) in [7, 11) is -2.35. The first-order chi connectivity index (χ1) is 17.9. The lowest BCUT2D eigenvalue weighted by atomic mass is 10.1. The summed E-state index contributed by atoms with van der Waals surface area (Å²) < 4.78 is 62.7. The number of carbonyl (C=O) groups excluding carboxylic acids is 1. The predicted molar refractivity (Wildman–Crippen MR) is 141 cm³/mol. The van der Waals surface area contributed by atoms with Crippen molar-refractivity contribution in [2.24, 2.45) is 4.36 Å². The molecule has 1 aliphatic heterocycles. The largest absolute Gasteiger partial charge is 0.489 e. The Labute approximate surface area is 223 Å². The summed E-state index contributed by atoms with van der Waals surface area (Å²) in [4.78, 5) is 26.1. The lowest BCUT2D eigenvalue weighted by Gasteiger charge is -2.26. The van der Waals surface area contributed by atoms with Gasteiger partial charge in [0.25, 0.3) is 5.91 Å². The maximum Gasteiger partial charge on any atom is 0.416 e. The molecule has 0 radical (unpaired) electrons. The van der Waals surface area contributed by atoms with Gasteiger partial charge in [-0.05, 0) is 37.3 Å². The van der Waals surface area contributed by atoms with Gasteiger partial charge >= 0.3 is 6.18 Å². The minimum Gasteiger partial charge on any atom is -0.489 e. The van der Waals surface area contributed by atoms with Crippen LogP contribution >= 0.6 is 11.8 Å². The zero-order valence-corrected chi connectivity index (χ0v) is 22.5. The molecule has 4 rings (SSSR count). The smallest absolute Gasteiger partial charge is 0.416 e. The average Bonchev–Trinajstić information content (AvgIpc) is 2.86. The monoisotopic (exact) mass is 565 g/mol. The molecule has 13 heteroatoms. The lowest BCUT2D eigenvalue weighted by Crippen LogP contribution is -2.31. The van der Waals surface area contributed by atoms with E-state index in [0.29, 0.717) is 40.0 Å². The second-order valence-electron chi connectivity index (χ2n) is 8.75. The molecular weight excluding hydrogens is 539 g/mol. The van der Waals surface area contributed by atoms with E-state index in [9.17, 15) is 22.2 Å². The Morgan fingerprint density at radius 1 is 1.21 bits per heavy atom. The third kappa shape index (κ3) is 6.81. The number of halogens is 3. The molecule has 1 unspecified atom stereocenters. The van der Waals surface area contributed by atoms with Gasteiger partial charge in [-0.2, -0.15) is 29.3 Å². The van der Waals surface area contributed by atoms with E-state index < -0.39 is 33.4 Å². The van der Waals surface area contributed by atoms with Crippen molar-refractivity contribution in [2.45, 2.75) is 32.2 Å². The van der Waals surface area contributed by atoms with Crippen LogP contribution in [0, 0.1) is 0 Å². The van der Waals surface area contributed by atoms with Gasteiger partial charge in [0.1, 0.15) is 17.5 Å². The quantitative estimate of drug-likeness (QED) is 0.396. The van der Waals surface area contributed by atoms with Crippen molar-refractivity contribution in [1.82, 2.24) is 20.3 Å². The van der Waals surface area contributed by atoms with Gasteiger partial charge in [0.2, 0.25) is 0 Å². The topological polar surface area (TPSA) is 106 Å². The molecular formula is C25H26F3N5O3S2. The number of benzene rings is 1. The van der Waals surface area contributed by atoms with Gasteiger partial charge < -0.3 is 10.1 Å². The van der Waals surface area contributed by atoms with Crippen molar-refractivity contribution in [3.63, 3.8) is 0 Å². The molecule has 0 saturated carbocycles. The molecule has 2 aromatic heterocycles. The summed E-state index contributed by atoms with van der Waals surface area (Å²) in [5.74, 6) is 1.05. The number of thioether (sulfide) groups is 1. The Kier molecular flexibility index (Phi) is 8.26. The number of hydrogen-bond donors (Lipinski definition) is 1. The molecule has 1 amide bonds. The van der Waals surface area contributed by atoms with Crippen LogP contribution in [0.4, 0.5) is 18.9 Å². The molecule has 3 heterocycles. The van der Waals surface area contributed by atoms with Crippen LogP contribution in [-0.4, -0.2) is 54.7 Å². The summed E-state index contributed by atoms with van der Waals surface area (Å²) in [6.07, 6.45) is 1.14. The Bertz CT molecular complexity index is 1440. The lowest BCUT2D eigenvalue weighted by molar-refractivity contribution is -0.137. The first kappa shape index (κ1) is 27.8. The van der Waals surface area contributed by atoms with Crippen LogP contribution in [0.25, 0.3) is 11.4 Å². The first-order valence-corrected chi connectivity index (χ1v) is 14.9. The van der Waals surface area contributed by atoms with Crippen LogP contribution in [-0.2, 0) is 15.9 Å². The second-order valence-corrected chi connectivity index (χ2v) is 12.5. The summed E-state index contributed by atoms with van der Waals surface area (Å²) in [6.45, 7) is 3.44. The number of amides is 1. The number of alkyl halides is 3. The molecule has 1 fully saturated rings. The number of aromatic nitrogens is 3. The van der Waals surface area contributed by atoms with Crippen molar-refractivity contribution >= 4 is 33.1 Å². The molecule has 2 atom stereocenters. The van der Waals surface area contributed by atoms with Crippen molar-refractivity contribution in [3.8, 4) is 17.1 Å². The molecule has 8 nitrogen and oxygen atoms in total. The Morgan fingerprint density at radius 2 is 1.95 bits per heavy atom. The highest BCUT2D eigenvalue weighted by Crippen LogP contribution is 2.34. The molecule has 38 heavy (non-hydrogen) atoms. The van der Waals surface area contributed by atoms with Crippen LogP contribution < -0.4 is 10.1 Å². The van der Waals surface area contributed by atoms with Gasteiger partial charge in [-0.15, -0.1) is 0 Å². The minimum atomic E-state index is -4.64. The average molecular weight is 566 g/mol. The SMILES string of the molecule is CCS(C)(=O)=Nc1ccc(-c2nccnc2[C@H](C)NC(=O)c2cc(OC3CSC3)cc(C(F)(F)F)c2)nc1. The molecule has 202 valence electrons. The highest BCUT2D eigenvalue weighted by Gasteiger charge is 2.33. The van der Waals surface area contributed by atoms with E-state index in [2.05, 4.69) is 24.6 Å². The normalized spacial score (nSPS) is 16.2. The van der Waals surface area contributed by atoms with Crippen LogP contribution in [0.15, 0.2) is 53.3 Å². The Hall–Kier alpha value is -3.19. The fraction of sp³-hybridized carbons (Fsp3) is 0.360. The van der Waals surface area contributed by atoms with Crippen molar-refractivity contribution in [2.75, 3.05) is 23.5 Å². The Balaban J connectivity index is 1.58. The minimum absolute atomic E-state index is 0.00286. The third-order valence-corrected chi connectivity index (χ3v) is 8.60. The molecule has 0 bridgehead atoms. The summed E-state index contributed by atoms with van der Waals surface area (Å²) >= 11 is 1.63. The number of carbonyl (C=O) groups is 1. The summed E-state index contributed by atoms with van der Waals surface area (Å²) in [6, 6.07) is 5.61. The number of hydrogen-bond acceptors (Lipinski definition) is 8. The van der Waals surface area contributed by atoms with Gasteiger partial charge in [-0.25, -0.2) is 4.21 Å². The van der Waals surface area contributed by atoms with Crippen LogP contribution in [0.2, 0.25) is 0 Å². The zero-order valence-electron chi connectivity index (χ0n) is 20.9. The zero-order chi connectivity index (χ0) is 27.5. The van der Waals surface area contributed by atoms with Crippen LogP contribution in [0.5, 0.6) is 5.75 Å². The second kappa shape index (κ2) is 11.3. The van der Waals surface area contributed by atoms with Crippen LogP contribution in [0.1, 0.15) is 41.5 Å². The van der Waals surface area contributed by atoms with E-state index in [1.807, 2.05) is 0 Å². The van der Waals surface area contributed by atoms with E-state index >= 15 is 0 Å². The van der Waals surface area contributed by atoms with E-state index in [0.717, 1.165) is 12.1 Å². The Morgan fingerprint density at radius 3 is 2.55 bits per heavy atom. The molecule has 1 aromatic carbocycles. The van der Waals surface area contributed by atoms with E-state index in [1.165, 1.54) is 24.7 Å². The van der Waals surface area contributed by atoms with Crippen molar-refractivity contribution < 1.29 is 26.9 Å². The van der Waals surface area contributed by atoms with E-state index in [4.69, 9.17) is 4.74 Å². The van der Waals surface area contributed by atoms with E-state index in [1.54, 1.807) is 44.0 Å². The summed E-state index contributed by atoms with van der Waals surface area (Å²) in [5, 5.41) is 2.71. The maximum atomic E-state index is 13.5. The van der Waals surface area contributed by atoms with Gasteiger partial charge in [-0.3, -0.25) is 19.7 Å². The molecule has 1 saturated heterocycles. The standard InChI is InChI=1S/C25H26F3N5O3S2/c1-4-38(3,35)33-18-5-6-21(31-12-18)23-22(29-7-8-30-23)15(2)32-24(34)16-9-17(25(26,27)28)11-19(10-16)36-20-13-37-14-20/h5-12,15,20H,4,13-14H2,1-3H3,(H,32,34)/t15-,38?/m0/s1. The number of ether oxygens (including phenoxy) is 1. The van der Waals surface area contributed by atoms with Gasteiger partial charge in [0.05, 0.1) is 34.9 Å². The first-order valence-electron chi connectivity index (χ1n) is 11.7. The van der Waals surface area contributed by atoms with Crippen molar-refractivity contribution in [3.05, 3.63) is 65.7 Å². The third-order valence-electron chi connectivity index (χ3n) is 5.72. The van der Waals surface area contributed by atoms with Gasteiger partial charge in [0, 0.05) is 51.2 Å². The molecule has 3 aromatic rings. The van der Waals surface area contributed by atoms with E-state index in [-0.39, 0.29) is 17.4 Å². The van der Waals surface area contributed by atoms with Gasteiger partial charge in [-0.1, -0.05) is 6.92 Å². The van der Waals surface area contributed by atoms with Crippen molar-refractivity contribution in [1.29, 1.82) is 0 Å². The highest BCUT2D eigenvalue weighted by atomic mass is 32.2. The summed E-state index contributed by atoms with van der Waals surface area (Å²) in [5.41, 5.74) is 0.519. The fourth-order valence-electron chi connectivity index (χ4n) is 3.52. The molecule has 0 spiro atoms. The fourth-order valence-corrected chi connectivity index (χ4v) is 4.76. The highest BCUT2D eigenvalue weighted by molar-refractivity contribution is 8.00. The van der Waals surface area contributed by atoms with Crippen LogP contribution in [0.3, 0.4) is 0 Å². The number of nitrogens with zero attached hydrogens (tertiary/aromatic N) is 4. The molecule has 1 aliphatic rings. The molecule has 0 aliphatic carbocycles. The van der Waals surface area contributed by atoms with Gasteiger partial charge in [0.15, 0.2) is 0 Å².